The Labute approximate surface area is 89.3 Å². The molecule has 0 unspecified atom stereocenters. The number of nitro groups is 2. The van der Waals surface area contributed by atoms with Crippen molar-refractivity contribution >= 4 is 12.2 Å². The largest absolute Gasteiger partial charge is 0.259 e. The van der Waals surface area contributed by atoms with Crippen molar-refractivity contribution in [3.63, 3.8) is 0 Å². The van der Waals surface area contributed by atoms with E-state index in [1.54, 1.807) is 0 Å². The third kappa shape index (κ3) is 4.05. The molecule has 0 aliphatic carbocycles. The zero-order valence-electron chi connectivity index (χ0n) is 7.89. The molecule has 0 saturated carbocycles. The van der Waals surface area contributed by atoms with Gasteiger partial charge in [0.05, 0.1) is 33.6 Å². The maximum atomic E-state index is 10.0. The van der Waals surface area contributed by atoms with Crippen molar-refractivity contribution in [2.45, 2.75) is 0 Å². The Hall–Kier alpha value is -2.64. The topological polar surface area (TPSA) is 112 Å². The summed E-state index contributed by atoms with van der Waals surface area (Å²) in [4.78, 5) is 26.4. The maximum Gasteiger partial charge on any atom is 0.236 e. The molecule has 0 aromatic carbocycles. The molecule has 0 N–H and O–H groups in total. The molecule has 8 nitrogen and oxygen atoms in total. The monoisotopic (exact) mass is 222 g/mol. The van der Waals surface area contributed by atoms with Crippen LogP contribution >= 0.6 is 0 Å². The molecule has 1 aromatic rings. The van der Waals surface area contributed by atoms with Crippen LogP contribution in [0.25, 0.3) is 12.2 Å². The summed E-state index contributed by atoms with van der Waals surface area (Å²) in [6, 6.07) is 0. The van der Waals surface area contributed by atoms with E-state index in [0.29, 0.717) is 11.4 Å². The molecule has 1 heterocycles. The zero-order valence-corrected chi connectivity index (χ0v) is 7.89. The van der Waals surface area contributed by atoms with Crippen molar-refractivity contribution < 1.29 is 9.85 Å². The molecule has 82 valence electrons. The van der Waals surface area contributed by atoms with E-state index in [0.717, 1.165) is 12.4 Å². The maximum absolute atomic E-state index is 10.0. The van der Waals surface area contributed by atoms with Crippen LogP contribution in [0.4, 0.5) is 0 Å². The predicted octanol–water partition coefficient (Wildman–Crippen LogP) is 0.971. The molecule has 0 fully saturated rings. The Morgan fingerprint density at radius 2 is 1.31 bits per heavy atom. The van der Waals surface area contributed by atoms with E-state index in [9.17, 15) is 20.2 Å². The van der Waals surface area contributed by atoms with Gasteiger partial charge in [0.1, 0.15) is 0 Å². The molecule has 1 aromatic heterocycles. The fraction of sp³-hybridized carbons (Fsp3) is 0. The van der Waals surface area contributed by atoms with Crippen LogP contribution in [0.1, 0.15) is 11.4 Å². The lowest BCUT2D eigenvalue weighted by molar-refractivity contribution is -0.401. The molecule has 0 aliphatic rings. The van der Waals surface area contributed by atoms with Gasteiger partial charge in [-0.15, -0.1) is 0 Å². The third-order valence-electron chi connectivity index (χ3n) is 1.43. The normalized spacial score (nSPS) is 11.0. The lowest BCUT2D eigenvalue weighted by Gasteiger charge is -1.91. The van der Waals surface area contributed by atoms with Gasteiger partial charge in [0.25, 0.3) is 0 Å². The summed E-state index contributed by atoms with van der Waals surface area (Å²) in [6.07, 6.45) is 6.37. The molecule has 0 amide bonds. The smallest absolute Gasteiger partial charge is 0.236 e. The second-order valence-corrected chi connectivity index (χ2v) is 2.57. The van der Waals surface area contributed by atoms with Gasteiger partial charge in [-0.2, -0.15) is 0 Å². The predicted molar refractivity (Wildman–Crippen MR) is 54.1 cm³/mol. The fourth-order valence-electron chi connectivity index (χ4n) is 0.795. The van der Waals surface area contributed by atoms with Gasteiger partial charge in [-0.1, -0.05) is 0 Å². The lowest BCUT2D eigenvalue weighted by Crippen LogP contribution is -1.89. The Kier molecular flexibility index (Phi) is 3.78. The van der Waals surface area contributed by atoms with Crippen molar-refractivity contribution in [1.82, 2.24) is 9.97 Å². The van der Waals surface area contributed by atoms with Gasteiger partial charge < -0.3 is 0 Å². The fourth-order valence-corrected chi connectivity index (χ4v) is 0.795. The van der Waals surface area contributed by atoms with E-state index < -0.39 is 9.85 Å². The van der Waals surface area contributed by atoms with Crippen LogP contribution in [-0.4, -0.2) is 19.8 Å². The first-order chi connectivity index (χ1) is 7.58. The molecule has 0 saturated heterocycles. The number of hydrogen-bond donors (Lipinski definition) is 0. The highest BCUT2D eigenvalue weighted by atomic mass is 16.6. The second-order valence-electron chi connectivity index (χ2n) is 2.57. The van der Waals surface area contributed by atoms with E-state index in [-0.39, 0.29) is 0 Å². The second kappa shape index (κ2) is 5.29. The van der Waals surface area contributed by atoms with Crippen LogP contribution in [-0.2, 0) is 0 Å². The van der Waals surface area contributed by atoms with E-state index in [2.05, 4.69) is 9.97 Å². The minimum absolute atomic E-state index is 0.301. The van der Waals surface area contributed by atoms with Crippen LogP contribution < -0.4 is 0 Å². The summed E-state index contributed by atoms with van der Waals surface area (Å²) in [5.74, 6) is 0. The average Bonchev–Trinajstić information content (AvgIpc) is 2.25. The average molecular weight is 222 g/mol. The van der Waals surface area contributed by atoms with Crippen LogP contribution in [0.15, 0.2) is 24.8 Å². The van der Waals surface area contributed by atoms with Gasteiger partial charge >= 0.3 is 0 Å². The first kappa shape index (κ1) is 11.4. The standard InChI is InChI=1S/C8H6N4O4/c13-11(14)3-1-7-5-10-8(6-9-7)2-4-12(15)16/h1-6H. The van der Waals surface area contributed by atoms with Crippen molar-refractivity contribution in [2.75, 3.05) is 0 Å². The lowest BCUT2D eigenvalue weighted by atomic mass is 10.4. The molecule has 0 spiro atoms. The molecular formula is C8H6N4O4. The van der Waals surface area contributed by atoms with Gasteiger partial charge in [0.15, 0.2) is 0 Å². The van der Waals surface area contributed by atoms with E-state index in [1.807, 2.05) is 0 Å². The Balaban J connectivity index is 2.75. The Morgan fingerprint density at radius 3 is 1.56 bits per heavy atom. The van der Waals surface area contributed by atoms with Crippen LogP contribution in [0, 0.1) is 20.2 Å². The quantitative estimate of drug-likeness (QED) is 0.554. The minimum Gasteiger partial charge on any atom is -0.259 e. The summed E-state index contributed by atoms with van der Waals surface area (Å²) < 4.78 is 0. The van der Waals surface area contributed by atoms with Crippen molar-refractivity contribution in [2.24, 2.45) is 0 Å². The summed E-state index contributed by atoms with van der Waals surface area (Å²) in [5, 5.41) is 20.0. The minimum atomic E-state index is -0.623. The molecule has 0 aliphatic heterocycles. The first-order valence-corrected chi connectivity index (χ1v) is 4.03. The Bertz CT molecular complexity index is 409. The SMILES string of the molecule is O=[N+]([O-])C=Cc1cnc(C=C[N+](=O)[O-])cn1. The van der Waals surface area contributed by atoms with Crippen molar-refractivity contribution in [3.05, 3.63) is 56.4 Å². The molecule has 16 heavy (non-hydrogen) atoms. The Morgan fingerprint density at radius 1 is 0.938 bits per heavy atom. The van der Waals surface area contributed by atoms with E-state index >= 15 is 0 Å². The first-order valence-electron chi connectivity index (χ1n) is 4.03. The zero-order chi connectivity index (χ0) is 12.0. The van der Waals surface area contributed by atoms with E-state index in [1.165, 1.54) is 24.5 Å². The highest BCUT2D eigenvalue weighted by Crippen LogP contribution is 2.00. The third-order valence-corrected chi connectivity index (χ3v) is 1.43. The summed E-state index contributed by atoms with van der Waals surface area (Å²) >= 11 is 0. The number of rotatable bonds is 4. The van der Waals surface area contributed by atoms with Crippen LogP contribution in [0.3, 0.4) is 0 Å². The molecule has 0 bridgehead atoms. The number of nitrogens with zero attached hydrogens (tertiary/aromatic N) is 4. The van der Waals surface area contributed by atoms with Crippen molar-refractivity contribution in [1.29, 1.82) is 0 Å². The molecular weight excluding hydrogens is 216 g/mol. The van der Waals surface area contributed by atoms with Gasteiger partial charge in [-0.05, 0) is 0 Å². The highest BCUT2D eigenvalue weighted by molar-refractivity contribution is 5.45. The van der Waals surface area contributed by atoms with Gasteiger partial charge in [-0.3, -0.25) is 30.2 Å². The van der Waals surface area contributed by atoms with Gasteiger partial charge in [0.2, 0.25) is 12.4 Å². The molecule has 0 atom stereocenters. The summed E-state index contributed by atoms with van der Waals surface area (Å²) in [6.45, 7) is 0. The van der Waals surface area contributed by atoms with Crippen LogP contribution in [0.5, 0.6) is 0 Å². The molecule has 0 radical (unpaired) electrons. The van der Waals surface area contributed by atoms with Crippen LogP contribution in [0.2, 0.25) is 0 Å². The number of aromatic nitrogens is 2. The molecule has 1 rings (SSSR count). The van der Waals surface area contributed by atoms with E-state index in [4.69, 9.17) is 0 Å². The molecule has 8 heteroatoms. The summed E-state index contributed by atoms with van der Waals surface area (Å²) in [7, 11) is 0. The summed E-state index contributed by atoms with van der Waals surface area (Å²) in [5.41, 5.74) is 0.602. The van der Waals surface area contributed by atoms with Gasteiger partial charge in [-0.25, -0.2) is 0 Å². The van der Waals surface area contributed by atoms with Crippen molar-refractivity contribution in [3.8, 4) is 0 Å². The number of hydrogen-bond acceptors (Lipinski definition) is 6. The van der Waals surface area contributed by atoms with Gasteiger partial charge in [0, 0.05) is 12.2 Å². The highest BCUT2D eigenvalue weighted by Gasteiger charge is 1.95.